The van der Waals surface area contributed by atoms with Gasteiger partial charge >= 0.3 is 0 Å². The summed E-state index contributed by atoms with van der Waals surface area (Å²) in [6, 6.07) is 26.2. The zero-order valence-electron chi connectivity index (χ0n) is 22.5. The lowest BCUT2D eigenvalue weighted by Gasteiger charge is -2.31. The van der Waals surface area contributed by atoms with E-state index in [0.29, 0.717) is 17.4 Å². The van der Waals surface area contributed by atoms with E-state index in [2.05, 4.69) is 24.1 Å². The molecule has 0 bridgehead atoms. The Morgan fingerprint density at radius 1 is 0.897 bits per heavy atom. The van der Waals surface area contributed by atoms with Crippen LogP contribution in [0, 0.1) is 6.92 Å². The molecule has 2 amide bonds. The summed E-state index contributed by atoms with van der Waals surface area (Å²) in [6.45, 7) is 6.42. The maximum absolute atomic E-state index is 14.0. The molecule has 0 aliphatic rings. The van der Waals surface area contributed by atoms with Crippen LogP contribution in [0.25, 0.3) is 10.9 Å². The molecule has 0 aliphatic carbocycles. The number of aryl methyl sites for hydroxylation is 1. The zero-order valence-corrected chi connectivity index (χ0v) is 22.5. The molecule has 0 saturated carbocycles. The SMILES string of the molecule is Cc1ccc(C(C(=O)Nc2ccc(C(C)C)cc2)N(Cc2ccco2)C(=O)Cc2c[nH]c3ccccc23)cc1. The van der Waals surface area contributed by atoms with Gasteiger partial charge in [0.15, 0.2) is 0 Å². The van der Waals surface area contributed by atoms with Gasteiger partial charge in [-0.2, -0.15) is 0 Å². The van der Waals surface area contributed by atoms with Gasteiger partial charge in [-0.3, -0.25) is 9.59 Å². The Hall–Kier alpha value is -4.58. The van der Waals surface area contributed by atoms with Gasteiger partial charge in [-0.05, 0) is 59.9 Å². The minimum absolute atomic E-state index is 0.142. The average molecular weight is 520 g/mol. The fourth-order valence-corrected chi connectivity index (χ4v) is 4.82. The molecule has 1 atom stereocenters. The van der Waals surface area contributed by atoms with Crippen molar-refractivity contribution in [1.82, 2.24) is 9.88 Å². The minimum Gasteiger partial charge on any atom is -0.467 e. The van der Waals surface area contributed by atoms with Gasteiger partial charge in [0.1, 0.15) is 11.8 Å². The van der Waals surface area contributed by atoms with Crippen molar-refractivity contribution in [1.29, 1.82) is 0 Å². The third-order valence-corrected chi connectivity index (χ3v) is 7.04. The number of hydrogen-bond acceptors (Lipinski definition) is 3. The summed E-state index contributed by atoms with van der Waals surface area (Å²) in [4.78, 5) is 32.9. The number of anilines is 1. The number of amides is 2. The first-order valence-corrected chi connectivity index (χ1v) is 13.2. The molecule has 2 aromatic heterocycles. The molecular formula is C33H33N3O3. The molecular weight excluding hydrogens is 486 g/mol. The third-order valence-electron chi connectivity index (χ3n) is 7.04. The molecule has 2 N–H and O–H groups in total. The molecule has 39 heavy (non-hydrogen) atoms. The van der Waals surface area contributed by atoms with Gasteiger partial charge in [0.05, 0.1) is 19.2 Å². The second-order valence-corrected chi connectivity index (χ2v) is 10.2. The summed E-state index contributed by atoms with van der Waals surface area (Å²) in [5, 5.41) is 4.05. The van der Waals surface area contributed by atoms with Crippen LogP contribution in [0.2, 0.25) is 0 Å². The van der Waals surface area contributed by atoms with Gasteiger partial charge in [-0.1, -0.05) is 74.0 Å². The van der Waals surface area contributed by atoms with E-state index >= 15 is 0 Å². The summed E-state index contributed by atoms with van der Waals surface area (Å²) in [5.74, 6) is 0.538. The number of aromatic amines is 1. The number of carbonyl (C=O) groups excluding carboxylic acids is 2. The summed E-state index contributed by atoms with van der Waals surface area (Å²) in [6.07, 6.45) is 3.59. The predicted octanol–water partition coefficient (Wildman–Crippen LogP) is 7.14. The lowest BCUT2D eigenvalue weighted by Crippen LogP contribution is -2.41. The molecule has 0 spiro atoms. The van der Waals surface area contributed by atoms with Crippen LogP contribution in [0.15, 0.2) is 102 Å². The van der Waals surface area contributed by atoms with E-state index in [0.717, 1.165) is 27.6 Å². The normalized spacial score (nSPS) is 12.0. The molecule has 6 nitrogen and oxygen atoms in total. The molecule has 5 aromatic rings. The van der Waals surface area contributed by atoms with Gasteiger partial charge in [0.25, 0.3) is 5.91 Å². The van der Waals surface area contributed by atoms with Crippen LogP contribution < -0.4 is 5.32 Å². The van der Waals surface area contributed by atoms with Crippen LogP contribution in [0.1, 0.15) is 53.8 Å². The van der Waals surface area contributed by atoms with Gasteiger partial charge in [-0.25, -0.2) is 0 Å². The minimum atomic E-state index is -0.863. The maximum atomic E-state index is 14.0. The highest BCUT2D eigenvalue weighted by Gasteiger charge is 2.32. The van der Waals surface area contributed by atoms with Crippen molar-refractivity contribution in [2.24, 2.45) is 0 Å². The smallest absolute Gasteiger partial charge is 0.251 e. The second-order valence-electron chi connectivity index (χ2n) is 10.2. The number of fused-ring (bicyclic) bond motifs is 1. The predicted molar refractivity (Wildman–Crippen MR) is 154 cm³/mol. The number of hydrogen-bond donors (Lipinski definition) is 2. The first kappa shape index (κ1) is 26.0. The van der Waals surface area contributed by atoms with Crippen molar-refractivity contribution in [3.8, 4) is 0 Å². The molecule has 2 heterocycles. The molecule has 3 aromatic carbocycles. The van der Waals surface area contributed by atoms with Gasteiger partial charge in [0.2, 0.25) is 5.91 Å². The number of carbonyl (C=O) groups is 2. The highest BCUT2D eigenvalue weighted by atomic mass is 16.3. The number of H-pyrrole nitrogens is 1. The van der Waals surface area contributed by atoms with Gasteiger partial charge < -0.3 is 19.6 Å². The van der Waals surface area contributed by atoms with Crippen LogP contribution in [0.5, 0.6) is 0 Å². The van der Waals surface area contributed by atoms with Crippen LogP contribution in [0.3, 0.4) is 0 Å². The Labute approximate surface area is 228 Å². The van der Waals surface area contributed by atoms with Crippen molar-refractivity contribution in [3.05, 3.63) is 125 Å². The first-order chi connectivity index (χ1) is 18.9. The molecule has 0 radical (unpaired) electrons. The molecule has 5 rings (SSSR count). The van der Waals surface area contributed by atoms with Crippen molar-refractivity contribution < 1.29 is 14.0 Å². The fraction of sp³-hybridized carbons (Fsp3) is 0.212. The molecule has 0 saturated heterocycles. The summed E-state index contributed by atoms with van der Waals surface area (Å²) in [5.41, 5.74) is 5.53. The highest BCUT2D eigenvalue weighted by Crippen LogP contribution is 2.28. The highest BCUT2D eigenvalue weighted by molar-refractivity contribution is 5.98. The number of rotatable bonds is 9. The number of nitrogens with zero attached hydrogens (tertiary/aromatic N) is 1. The Bertz CT molecular complexity index is 1550. The lowest BCUT2D eigenvalue weighted by atomic mass is 10.0. The van der Waals surface area contributed by atoms with Crippen molar-refractivity contribution in [3.63, 3.8) is 0 Å². The van der Waals surface area contributed by atoms with E-state index in [1.807, 2.05) is 92.0 Å². The summed E-state index contributed by atoms with van der Waals surface area (Å²) >= 11 is 0. The average Bonchev–Trinajstić information content (AvgIpc) is 3.60. The first-order valence-electron chi connectivity index (χ1n) is 13.2. The topological polar surface area (TPSA) is 78.3 Å². The molecule has 6 heteroatoms. The van der Waals surface area contributed by atoms with E-state index < -0.39 is 6.04 Å². The van der Waals surface area contributed by atoms with Crippen LogP contribution in [-0.4, -0.2) is 21.7 Å². The zero-order chi connectivity index (χ0) is 27.4. The van der Waals surface area contributed by atoms with Gasteiger partial charge in [0, 0.05) is 22.8 Å². The largest absolute Gasteiger partial charge is 0.467 e. The molecule has 198 valence electrons. The number of benzene rings is 3. The van der Waals surface area contributed by atoms with Crippen LogP contribution in [0.4, 0.5) is 5.69 Å². The monoisotopic (exact) mass is 519 g/mol. The molecule has 0 aliphatic heterocycles. The van der Waals surface area contributed by atoms with Gasteiger partial charge in [-0.15, -0.1) is 0 Å². The lowest BCUT2D eigenvalue weighted by molar-refractivity contribution is -0.139. The maximum Gasteiger partial charge on any atom is 0.251 e. The van der Waals surface area contributed by atoms with E-state index in [-0.39, 0.29) is 24.8 Å². The number of furan rings is 1. The number of aromatic nitrogens is 1. The Balaban J connectivity index is 1.51. The Morgan fingerprint density at radius 3 is 2.31 bits per heavy atom. The van der Waals surface area contributed by atoms with Crippen LogP contribution >= 0.6 is 0 Å². The van der Waals surface area contributed by atoms with E-state index in [9.17, 15) is 9.59 Å². The third kappa shape index (κ3) is 5.96. The van der Waals surface area contributed by atoms with E-state index in [1.165, 1.54) is 5.56 Å². The second kappa shape index (κ2) is 11.4. The number of para-hydroxylation sites is 1. The quantitative estimate of drug-likeness (QED) is 0.217. The van der Waals surface area contributed by atoms with Crippen molar-refractivity contribution >= 4 is 28.4 Å². The number of nitrogens with one attached hydrogen (secondary N) is 2. The standard InChI is InChI=1S/C33H33N3O3/c1-22(2)24-14-16-27(17-15-24)35-33(38)32(25-12-10-23(3)11-13-25)36(21-28-7-6-18-39-28)31(37)19-26-20-34-30-9-5-4-8-29(26)30/h4-18,20,22,32,34H,19,21H2,1-3H3,(H,35,38). The van der Waals surface area contributed by atoms with Crippen LogP contribution in [-0.2, 0) is 22.6 Å². The van der Waals surface area contributed by atoms with E-state index in [1.54, 1.807) is 17.2 Å². The van der Waals surface area contributed by atoms with E-state index in [4.69, 9.17) is 4.42 Å². The van der Waals surface area contributed by atoms with Crippen molar-refractivity contribution in [2.45, 2.75) is 45.7 Å². The Morgan fingerprint density at radius 2 is 1.62 bits per heavy atom. The Kier molecular flexibility index (Phi) is 7.64. The summed E-state index contributed by atoms with van der Waals surface area (Å²) in [7, 11) is 0. The molecule has 0 fully saturated rings. The fourth-order valence-electron chi connectivity index (χ4n) is 4.82. The summed E-state index contributed by atoms with van der Waals surface area (Å²) < 4.78 is 5.63. The van der Waals surface area contributed by atoms with Crippen molar-refractivity contribution in [2.75, 3.05) is 5.32 Å². The molecule has 1 unspecified atom stereocenters.